The Morgan fingerprint density at radius 1 is 1.42 bits per heavy atom. The second-order valence-corrected chi connectivity index (χ2v) is 5.13. The summed E-state index contributed by atoms with van der Waals surface area (Å²) in [6.45, 7) is 5.53. The Morgan fingerprint density at radius 2 is 2.16 bits per heavy atom. The first kappa shape index (κ1) is 14.0. The highest BCUT2D eigenvalue weighted by molar-refractivity contribution is 7.16. The smallest absolute Gasteiger partial charge is 0.241 e. The molecular weight excluding hydrogens is 284 g/mol. The van der Waals surface area contributed by atoms with Crippen LogP contribution in [0.3, 0.4) is 0 Å². The van der Waals surface area contributed by atoms with Gasteiger partial charge in [-0.1, -0.05) is 0 Å². The number of amides is 1. The predicted octanol–water partition coefficient (Wildman–Crippen LogP) is 2.62. The Morgan fingerprint density at radius 3 is 2.84 bits per heavy atom. The number of carbonyl (C=O) groups excluding carboxylic acids is 1. The van der Waals surface area contributed by atoms with Gasteiger partial charge in [-0.3, -0.25) is 4.79 Å². The van der Waals surface area contributed by atoms with Gasteiger partial charge in [0.1, 0.15) is 10.6 Å². The zero-order valence-electron chi connectivity index (χ0n) is 10.8. The molecule has 0 saturated heterocycles. The molecule has 0 aliphatic heterocycles. The van der Waals surface area contributed by atoms with Gasteiger partial charge in [0, 0.05) is 13.1 Å². The van der Waals surface area contributed by atoms with Crippen LogP contribution in [-0.2, 0) is 4.79 Å². The van der Waals surface area contributed by atoms with Gasteiger partial charge in [-0.15, -0.1) is 11.3 Å². The summed E-state index contributed by atoms with van der Waals surface area (Å²) in [6.07, 6.45) is 0. The minimum absolute atomic E-state index is 0.0446. The van der Waals surface area contributed by atoms with E-state index in [4.69, 9.17) is 11.6 Å². The third-order valence-electron chi connectivity index (χ3n) is 2.82. The van der Waals surface area contributed by atoms with E-state index in [1.807, 2.05) is 25.3 Å². The molecule has 1 N–H and O–H groups in total. The third kappa shape index (κ3) is 3.13. The average molecular weight is 299 g/mol. The molecule has 0 spiro atoms. The van der Waals surface area contributed by atoms with Crippen LogP contribution in [0.4, 0.5) is 5.82 Å². The third-order valence-corrected chi connectivity index (χ3v) is 3.80. The monoisotopic (exact) mass is 298 g/mol. The van der Waals surface area contributed by atoms with E-state index in [1.54, 1.807) is 4.90 Å². The number of nitrogens with zero attached hydrogens (tertiary/aromatic N) is 3. The summed E-state index contributed by atoms with van der Waals surface area (Å²) in [5.41, 5.74) is 0. The van der Waals surface area contributed by atoms with E-state index in [0.717, 1.165) is 10.2 Å². The lowest BCUT2D eigenvalue weighted by Crippen LogP contribution is -2.35. The zero-order chi connectivity index (χ0) is 13.8. The highest BCUT2D eigenvalue weighted by Gasteiger charge is 2.12. The molecule has 2 aromatic rings. The Bertz CT molecular complexity index is 582. The molecule has 2 rings (SSSR count). The predicted molar refractivity (Wildman–Crippen MR) is 78.8 cm³/mol. The summed E-state index contributed by atoms with van der Waals surface area (Å²) < 4.78 is 0. The van der Waals surface area contributed by atoms with Crippen LogP contribution in [0.2, 0.25) is 5.28 Å². The van der Waals surface area contributed by atoms with Gasteiger partial charge < -0.3 is 10.2 Å². The molecule has 1 amide bonds. The standard InChI is InChI=1S/C12H15ClN4OS/c1-3-17(4-2)9(18)7-14-10-8-5-6-19-11(8)16-12(13)15-10/h5-6H,3-4,7H2,1-2H3,(H,14,15,16). The molecule has 0 fully saturated rings. The lowest BCUT2D eigenvalue weighted by molar-refractivity contribution is -0.128. The van der Waals surface area contributed by atoms with Gasteiger partial charge >= 0.3 is 0 Å². The second-order valence-electron chi connectivity index (χ2n) is 3.90. The fraction of sp³-hybridized carbons (Fsp3) is 0.417. The number of hydrogen-bond acceptors (Lipinski definition) is 5. The van der Waals surface area contributed by atoms with Crippen molar-refractivity contribution in [3.63, 3.8) is 0 Å². The normalized spacial score (nSPS) is 10.7. The number of thiophene rings is 1. The van der Waals surface area contributed by atoms with Crippen LogP contribution in [0.5, 0.6) is 0 Å². The van der Waals surface area contributed by atoms with Crippen LogP contribution in [0.1, 0.15) is 13.8 Å². The van der Waals surface area contributed by atoms with E-state index in [0.29, 0.717) is 18.9 Å². The van der Waals surface area contributed by atoms with Gasteiger partial charge in [0.05, 0.1) is 11.9 Å². The number of fused-ring (bicyclic) bond motifs is 1. The first-order valence-corrected chi connectivity index (χ1v) is 7.33. The fourth-order valence-corrected chi connectivity index (χ4v) is 2.79. The number of anilines is 1. The first-order valence-electron chi connectivity index (χ1n) is 6.08. The van der Waals surface area contributed by atoms with Crippen LogP contribution >= 0.6 is 22.9 Å². The molecule has 0 unspecified atom stereocenters. The number of hydrogen-bond donors (Lipinski definition) is 1. The van der Waals surface area contributed by atoms with E-state index in [2.05, 4.69) is 15.3 Å². The van der Waals surface area contributed by atoms with Crippen LogP contribution in [0, 0.1) is 0 Å². The molecule has 0 aliphatic rings. The number of aromatic nitrogens is 2. The van der Waals surface area contributed by atoms with Crippen LogP contribution in [0.15, 0.2) is 11.4 Å². The maximum atomic E-state index is 11.9. The lowest BCUT2D eigenvalue weighted by Gasteiger charge is -2.19. The van der Waals surface area contributed by atoms with Crippen molar-refractivity contribution < 1.29 is 4.79 Å². The maximum absolute atomic E-state index is 11.9. The Labute approximate surface area is 120 Å². The summed E-state index contributed by atoms with van der Waals surface area (Å²) >= 11 is 7.36. The Balaban J connectivity index is 2.13. The van der Waals surface area contributed by atoms with Crippen molar-refractivity contribution in [2.24, 2.45) is 0 Å². The molecular formula is C12H15ClN4OS. The van der Waals surface area contributed by atoms with E-state index in [9.17, 15) is 4.79 Å². The van der Waals surface area contributed by atoms with Gasteiger partial charge in [-0.05, 0) is 36.9 Å². The number of rotatable bonds is 5. The van der Waals surface area contributed by atoms with Gasteiger partial charge in [-0.25, -0.2) is 9.97 Å². The molecule has 2 heterocycles. The Kier molecular flexibility index (Phi) is 4.55. The number of carbonyl (C=O) groups is 1. The molecule has 2 aromatic heterocycles. The molecule has 5 nitrogen and oxygen atoms in total. The van der Waals surface area contributed by atoms with Crippen LogP contribution < -0.4 is 5.32 Å². The minimum atomic E-state index is 0.0446. The highest BCUT2D eigenvalue weighted by Crippen LogP contribution is 2.26. The summed E-state index contributed by atoms with van der Waals surface area (Å²) in [4.78, 5) is 22.8. The minimum Gasteiger partial charge on any atom is -0.360 e. The summed E-state index contributed by atoms with van der Waals surface area (Å²) in [5.74, 6) is 0.653. The van der Waals surface area contributed by atoms with E-state index in [-0.39, 0.29) is 17.7 Å². The van der Waals surface area contributed by atoms with E-state index < -0.39 is 0 Å². The average Bonchev–Trinajstić information content (AvgIpc) is 2.85. The summed E-state index contributed by atoms with van der Waals surface area (Å²) in [6, 6.07) is 1.92. The largest absolute Gasteiger partial charge is 0.360 e. The van der Waals surface area contributed by atoms with Gasteiger partial charge in [0.25, 0.3) is 0 Å². The second kappa shape index (κ2) is 6.16. The highest BCUT2D eigenvalue weighted by atomic mass is 35.5. The van der Waals surface area contributed by atoms with Crippen molar-refractivity contribution in [1.29, 1.82) is 0 Å². The van der Waals surface area contributed by atoms with Gasteiger partial charge in [-0.2, -0.15) is 0 Å². The van der Waals surface area contributed by atoms with Crippen LogP contribution in [0.25, 0.3) is 10.2 Å². The first-order chi connectivity index (χ1) is 9.15. The van der Waals surface area contributed by atoms with E-state index >= 15 is 0 Å². The van der Waals surface area contributed by atoms with Gasteiger partial charge in [0.15, 0.2) is 0 Å². The van der Waals surface area contributed by atoms with Crippen molar-refractivity contribution in [3.8, 4) is 0 Å². The molecule has 0 atom stereocenters. The molecule has 19 heavy (non-hydrogen) atoms. The van der Waals surface area contributed by atoms with Crippen molar-refractivity contribution in [1.82, 2.24) is 14.9 Å². The molecule has 0 saturated carbocycles. The van der Waals surface area contributed by atoms with Crippen molar-refractivity contribution in [2.45, 2.75) is 13.8 Å². The molecule has 102 valence electrons. The topological polar surface area (TPSA) is 58.1 Å². The molecule has 0 bridgehead atoms. The van der Waals surface area contributed by atoms with Crippen LogP contribution in [-0.4, -0.2) is 40.4 Å². The lowest BCUT2D eigenvalue weighted by atomic mass is 10.3. The SMILES string of the molecule is CCN(CC)C(=O)CNc1nc(Cl)nc2sccc12. The van der Waals surface area contributed by atoms with Gasteiger partial charge in [0.2, 0.25) is 11.2 Å². The number of nitrogens with one attached hydrogen (secondary N) is 1. The van der Waals surface area contributed by atoms with Crippen molar-refractivity contribution >= 4 is 44.9 Å². The molecule has 0 radical (unpaired) electrons. The Hall–Kier alpha value is -1.40. The zero-order valence-corrected chi connectivity index (χ0v) is 12.4. The van der Waals surface area contributed by atoms with E-state index in [1.165, 1.54) is 11.3 Å². The molecule has 7 heteroatoms. The van der Waals surface area contributed by atoms with Crippen molar-refractivity contribution in [2.75, 3.05) is 25.0 Å². The maximum Gasteiger partial charge on any atom is 0.241 e. The number of likely N-dealkylation sites (N-methyl/N-ethyl adjacent to an activating group) is 1. The summed E-state index contributed by atoms with van der Waals surface area (Å²) in [5, 5.41) is 6.05. The summed E-state index contributed by atoms with van der Waals surface area (Å²) in [7, 11) is 0. The quantitative estimate of drug-likeness (QED) is 0.862. The molecule has 0 aromatic carbocycles. The molecule has 0 aliphatic carbocycles. The van der Waals surface area contributed by atoms with Crippen molar-refractivity contribution in [3.05, 3.63) is 16.7 Å². The number of halogens is 1. The fourth-order valence-electron chi connectivity index (χ4n) is 1.81.